The van der Waals surface area contributed by atoms with Crippen LogP contribution in [0, 0.1) is 0 Å². The van der Waals surface area contributed by atoms with Crippen molar-refractivity contribution < 1.29 is 0 Å². The highest BCUT2D eigenvalue weighted by Gasteiger charge is 2.32. The van der Waals surface area contributed by atoms with Crippen LogP contribution in [0.15, 0.2) is 103 Å². The van der Waals surface area contributed by atoms with Gasteiger partial charge in [-0.2, -0.15) is 0 Å². The lowest BCUT2D eigenvalue weighted by molar-refractivity contribution is 1.40. The molecule has 5 aliphatic heterocycles. The molecule has 0 N–H and O–H groups in total. The van der Waals surface area contributed by atoms with Crippen molar-refractivity contribution in [3.63, 3.8) is 0 Å². The molecule has 12 heteroatoms. The first kappa shape index (κ1) is 24.1. The fourth-order valence-electron chi connectivity index (χ4n) is 3.12. The van der Waals surface area contributed by atoms with Gasteiger partial charge in [0.1, 0.15) is 0 Å². The zero-order chi connectivity index (χ0) is 22.9. The standard InChI is InChI=1S/C20H4Br8N4/c21-9-7-3-5-1-2-6(29-5)4-8-10(22)12(24)18(31-8)16(28)20-14(26)13(25)19(32-20)15(27)17(30-7)11(9)23/h1-4H. The average Bonchev–Trinajstić information content (AvgIpc) is 3.48. The molecule has 0 fully saturated rings. The summed E-state index contributed by atoms with van der Waals surface area (Å²) < 4.78 is 6.38. The molecule has 5 rings (SSSR count). The van der Waals surface area contributed by atoms with Crippen LogP contribution in [0.5, 0.6) is 0 Å². The topological polar surface area (TPSA) is 49.4 Å². The average molecular weight is 940 g/mol. The van der Waals surface area contributed by atoms with Crippen LogP contribution in [0.3, 0.4) is 0 Å². The second-order valence-corrected chi connectivity index (χ2v) is 12.9. The highest BCUT2D eigenvalue weighted by Crippen LogP contribution is 2.46. The third kappa shape index (κ3) is 3.98. The summed E-state index contributed by atoms with van der Waals surface area (Å²) in [5.41, 5.74) is 5.96. The molecule has 0 aliphatic carbocycles. The van der Waals surface area contributed by atoms with E-state index in [0.717, 1.165) is 70.1 Å². The van der Waals surface area contributed by atoms with E-state index in [-0.39, 0.29) is 0 Å². The fraction of sp³-hybridized carbons (Fsp3) is 0. The number of hydrogen-bond donors (Lipinski definition) is 0. The van der Waals surface area contributed by atoms with Gasteiger partial charge in [-0.1, -0.05) is 0 Å². The van der Waals surface area contributed by atoms with Gasteiger partial charge in [-0.05, 0) is 152 Å². The normalized spacial score (nSPS) is 22.8. The summed E-state index contributed by atoms with van der Waals surface area (Å²) in [6, 6.07) is 0. The summed E-state index contributed by atoms with van der Waals surface area (Å²) in [7, 11) is 0. The molecule has 0 spiro atoms. The summed E-state index contributed by atoms with van der Waals surface area (Å²) in [5, 5.41) is 0. The first-order valence-corrected chi connectivity index (χ1v) is 15.0. The van der Waals surface area contributed by atoms with Crippen LogP contribution >= 0.6 is 127 Å². The van der Waals surface area contributed by atoms with Crippen molar-refractivity contribution in [2.45, 2.75) is 0 Å². The van der Waals surface area contributed by atoms with E-state index in [1.54, 1.807) is 0 Å². The second kappa shape index (κ2) is 9.15. The van der Waals surface area contributed by atoms with E-state index >= 15 is 0 Å². The smallest absolute Gasteiger partial charge is 0.0956 e. The van der Waals surface area contributed by atoms with Gasteiger partial charge in [0.05, 0.1) is 81.5 Å². The van der Waals surface area contributed by atoms with Crippen molar-refractivity contribution in [2.75, 3.05) is 0 Å². The zero-order valence-corrected chi connectivity index (χ0v) is 27.8. The van der Waals surface area contributed by atoms with Gasteiger partial charge in [-0.25, -0.2) is 20.0 Å². The van der Waals surface area contributed by atoms with Gasteiger partial charge in [-0.15, -0.1) is 0 Å². The maximum absolute atomic E-state index is 4.87. The summed E-state index contributed by atoms with van der Waals surface area (Å²) in [6.45, 7) is 0. The number of nitrogens with zero attached hydrogens (tertiary/aromatic N) is 4. The Balaban J connectivity index is 1.83. The molecule has 8 bridgehead atoms. The van der Waals surface area contributed by atoms with Crippen LogP contribution in [0.2, 0.25) is 0 Å². The van der Waals surface area contributed by atoms with Crippen molar-refractivity contribution in [2.24, 2.45) is 20.0 Å². The van der Waals surface area contributed by atoms with Gasteiger partial charge < -0.3 is 0 Å². The van der Waals surface area contributed by atoms with Crippen molar-refractivity contribution in [3.8, 4) is 0 Å². The Labute approximate surface area is 250 Å². The van der Waals surface area contributed by atoms with Crippen molar-refractivity contribution in [1.82, 2.24) is 0 Å². The summed E-state index contributed by atoms with van der Waals surface area (Å²) in [5.74, 6) is 0. The molecule has 0 radical (unpaired) electrons. The molecular weight excluding hydrogens is 935 g/mol. The van der Waals surface area contributed by atoms with Crippen molar-refractivity contribution in [1.29, 1.82) is 0 Å². The number of aliphatic imine (C=N–C) groups is 4. The molecule has 0 amide bonds. The van der Waals surface area contributed by atoms with Gasteiger partial charge in [0, 0.05) is 0 Å². The Morgan fingerprint density at radius 2 is 1.06 bits per heavy atom. The zero-order valence-electron chi connectivity index (χ0n) is 15.1. The van der Waals surface area contributed by atoms with E-state index in [2.05, 4.69) is 127 Å². The third-order valence-corrected chi connectivity index (χ3v) is 12.4. The third-order valence-electron chi connectivity index (χ3n) is 4.63. The predicted molar refractivity (Wildman–Crippen MR) is 162 cm³/mol. The molecule has 0 atom stereocenters. The lowest BCUT2D eigenvalue weighted by Gasteiger charge is -2.04. The van der Waals surface area contributed by atoms with Crippen LogP contribution < -0.4 is 0 Å². The highest BCUT2D eigenvalue weighted by molar-refractivity contribution is 9.15. The molecule has 0 aromatic rings. The monoisotopic (exact) mass is 931 g/mol. The number of allylic oxidation sites excluding steroid dienone is 12. The van der Waals surface area contributed by atoms with E-state index in [4.69, 9.17) is 20.0 Å². The predicted octanol–water partition coefficient (Wildman–Crippen LogP) is 9.36. The highest BCUT2D eigenvalue weighted by atomic mass is 79.9. The first-order valence-electron chi connectivity index (χ1n) is 8.62. The molecular formula is C20H4Br8N4. The molecule has 4 nitrogen and oxygen atoms in total. The Morgan fingerprint density at radius 1 is 0.469 bits per heavy atom. The number of rotatable bonds is 0. The number of halogens is 8. The minimum Gasteiger partial charge on any atom is -0.249 e. The fourth-order valence-corrected chi connectivity index (χ4v) is 8.04. The van der Waals surface area contributed by atoms with Crippen LogP contribution in [0.4, 0.5) is 0 Å². The summed E-state index contributed by atoms with van der Waals surface area (Å²) in [4.78, 5) is 19.2. The number of hydrogen-bond acceptors (Lipinski definition) is 4. The molecule has 0 aromatic heterocycles. The van der Waals surface area contributed by atoms with Gasteiger partial charge >= 0.3 is 0 Å². The Morgan fingerprint density at radius 3 is 1.78 bits per heavy atom. The lowest BCUT2D eigenvalue weighted by atomic mass is 10.2. The summed E-state index contributed by atoms with van der Waals surface area (Å²) in [6.07, 6.45) is 7.75. The molecule has 0 saturated heterocycles. The van der Waals surface area contributed by atoms with Crippen molar-refractivity contribution in [3.05, 3.63) is 83.0 Å². The van der Waals surface area contributed by atoms with Gasteiger partial charge in [0.15, 0.2) is 0 Å². The van der Waals surface area contributed by atoms with E-state index in [1.807, 2.05) is 24.3 Å². The van der Waals surface area contributed by atoms with Crippen molar-refractivity contribution >= 4 is 150 Å². The van der Waals surface area contributed by atoms with E-state index < -0.39 is 0 Å². The molecule has 0 unspecified atom stereocenters. The van der Waals surface area contributed by atoms with Gasteiger partial charge in [0.2, 0.25) is 0 Å². The molecule has 0 aromatic carbocycles. The molecule has 5 aliphatic rings. The lowest BCUT2D eigenvalue weighted by Crippen LogP contribution is -1.99. The Bertz CT molecular complexity index is 1420. The van der Waals surface area contributed by atoms with Crippen LogP contribution in [0.1, 0.15) is 0 Å². The van der Waals surface area contributed by atoms with Crippen LogP contribution in [-0.2, 0) is 0 Å². The van der Waals surface area contributed by atoms with Crippen LogP contribution in [-0.4, -0.2) is 22.8 Å². The SMILES string of the molecule is BrC1=C(Br)C2=NC1=CC1=NC(=CC3=NC(=C(Br)C4=NC(=C2Br)C(Br)=C4Br)C(Br)=C3Br)C=C1. The maximum Gasteiger partial charge on any atom is 0.0956 e. The van der Waals surface area contributed by atoms with Gasteiger partial charge in [0.25, 0.3) is 0 Å². The number of fused-ring (bicyclic) bond motifs is 4. The Hall–Kier alpha value is 0.440. The van der Waals surface area contributed by atoms with Crippen LogP contribution in [0.25, 0.3) is 0 Å². The molecule has 0 saturated carbocycles. The second-order valence-electron chi connectivity index (χ2n) is 6.60. The quantitative estimate of drug-likeness (QED) is 0.233. The molecule has 160 valence electrons. The van der Waals surface area contributed by atoms with Gasteiger partial charge in [-0.3, -0.25) is 0 Å². The minimum atomic E-state index is 0.704. The first-order chi connectivity index (χ1) is 15.2. The summed E-state index contributed by atoms with van der Waals surface area (Å²) >= 11 is 29.4. The maximum atomic E-state index is 4.87. The van der Waals surface area contributed by atoms with E-state index in [1.165, 1.54) is 0 Å². The Kier molecular flexibility index (Phi) is 6.90. The largest absolute Gasteiger partial charge is 0.249 e. The molecule has 5 heterocycles. The minimum absolute atomic E-state index is 0.704. The molecule has 32 heavy (non-hydrogen) atoms. The van der Waals surface area contributed by atoms with E-state index in [9.17, 15) is 0 Å². The van der Waals surface area contributed by atoms with E-state index in [0.29, 0.717) is 11.4 Å².